The summed E-state index contributed by atoms with van der Waals surface area (Å²) in [5.74, 6) is -9.72. The minimum absolute atomic E-state index is 0.0412. The first-order chi connectivity index (χ1) is 8.43. The molecule has 2 rings (SSSR count). The van der Waals surface area contributed by atoms with E-state index in [1.807, 2.05) is 0 Å². The Morgan fingerprint density at radius 3 is 1.61 bits per heavy atom. The molecule has 1 aromatic carbocycles. The third kappa shape index (κ3) is 2.03. The molecule has 0 aromatic heterocycles. The molecule has 7 heteroatoms. The highest BCUT2D eigenvalue weighted by Gasteiger charge is 2.30. The summed E-state index contributed by atoms with van der Waals surface area (Å²) >= 11 is 0. The molecule has 1 fully saturated rings. The third-order valence-electron chi connectivity index (χ3n) is 2.97. The molecule has 0 bridgehead atoms. The summed E-state index contributed by atoms with van der Waals surface area (Å²) in [5.41, 5.74) is -0.918. The van der Waals surface area contributed by atoms with Crippen molar-refractivity contribution in [3.8, 4) is 0 Å². The average Bonchev–Trinajstić information content (AvgIpc) is 2.36. The lowest BCUT2D eigenvalue weighted by atomic mass is 10.1. The van der Waals surface area contributed by atoms with Crippen molar-refractivity contribution in [1.29, 1.82) is 0 Å². The van der Waals surface area contributed by atoms with E-state index in [9.17, 15) is 27.1 Å². The third-order valence-corrected chi connectivity index (χ3v) is 2.97. The highest BCUT2D eigenvalue weighted by molar-refractivity contribution is 5.50. The highest BCUT2D eigenvalue weighted by Crippen LogP contribution is 2.31. The van der Waals surface area contributed by atoms with Gasteiger partial charge in [-0.1, -0.05) is 0 Å². The van der Waals surface area contributed by atoms with Gasteiger partial charge in [-0.3, -0.25) is 0 Å². The van der Waals surface area contributed by atoms with E-state index in [0.717, 1.165) is 4.90 Å². The molecule has 1 aromatic rings. The lowest BCUT2D eigenvalue weighted by Gasteiger charge is -2.31. The Bertz CT molecular complexity index is 442. The zero-order valence-electron chi connectivity index (χ0n) is 9.19. The highest BCUT2D eigenvalue weighted by atomic mass is 19.2. The topological polar surface area (TPSA) is 23.5 Å². The van der Waals surface area contributed by atoms with E-state index < -0.39 is 40.9 Å². The van der Waals surface area contributed by atoms with Gasteiger partial charge in [-0.05, 0) is 12.8 Å². The predicted octanol–water partition coefficient (Wildman–Crippen LogP) is 2.34. The summed E-state index contributed by atoms with van der Waals surface area (Å²) in [6.07, 6.45) is -0.165. The number of hydrogen-bond donors (Lipinski definition) is 1. The summed E-state index contributed by atoms with van der Waals surface area (Å²) in [4.78, 5) is 1.06. The van der Waals surface area contributed by atoms with Crippen LogP contribution in [-0.4, -0.2) is 24.3 Å². The van der Waals surface area contributed by atoms with Gasteiger partial charge in [0.1, 0.15) is 5.69 Å². The first kappa shape index (κ1) is 13.1. The van der Waals surface area contributed by atoms with Gasteiger partial charge in [-0.25, -0.2) is 22.0 Å². The van der Waals surface area contributed by atoms with Crippen molar-refractivity contribution in [2.45, 2.75) is 18.9 Å². The van der Waals surface area contributed by atoms with Crippen LogP contribution < -0.4 is 4.90 Å². The maximum Gasteiger partial charge on any atom is 0.200 e. The number of benzene rings is 1. The summed E-state index contributed by atoms with van der Waals surface area (Å²) in [6.45, 7) is 0.0824. The van der Waals surface area contributed by atoms with Crippen LogP contribution >= 0.6 is 0 Å². The molecule has 1 heterocycles. The normalized spacial score (nSPS) is 17.3. The smallest absolute Gasteiger partial charge is 0.200 e. The van der Waals surface area contributed by atoms with E-state index >= 15 is 0 Å². The number of halogens is 5. The van der Waals surface area contributed by atoms with E-state index in [1.54, 1.807) is 0 Å². The Hall–Kier alpha value is -1.37. The Morgan fingerprint density at radius 1 is 0.778 bits per heavy atom. The van der Waals surface area contributed by atoms with Gasteiger partial charge >= 0.3 is 0 Å². The molecular formula is C11H10F5NO. The molecule has 0 amide bonds. The summed E-state index contributed by atoms with van der Waals surface area (Å²) < 4.78 is 65.8. The van der Waals surface area contributed by atoms with Gasteiger partial charge < -0.3 is 10.0 Å². The van der Waals surface area contributed by atoms with Crippen LogP contribution in [0.15, 0.2) is 0 Å². The molecule has 0 radical (unpaired) electrons. The average molecular weight is 267 g/mol. The Kier molecular flexibility index (Phi) is 3.43. The van der Waals surface area contributed by atoms with Crippen LogP contribution in [0.3, 0.4) is 0 Å². The van der Waals surface area contributed by atoms with Gasteiger partial charge in [0.05, 0.1) is 6.10 Å². The van der Waals surface area contributed by atoms with E-state index in [4.69, 9.17) is 0 Å². The molecule has 0 saturated carbocycles. The van der Waals surface area contributed by atoms with Crippen LogP contribution in [0.25, 0.3) is 0 Å². The van der Waals surface area contributed by atoms with Crippen LogP contribution in [0.1, 0.15) is 12.8 Å². The minimum Gasteiger partial charge on any atom is -0.393 e. The van der Waals surface area contributed by atoms with Gasteiger partial charge in [0.25, 0.3) is 0 Å². The van der Waals surface area contributed by atoms with Gasteiger partial charge in [0, 0.05) is 13.1 Å². The molecule has 0 atom stereocenters. The Labute approximate surface area is 99.6 Å². The summed E-state index contributed by atoms with van der Waals surface area (Å²) in [6, 6.07) is 0. The fourth-order valence-electron chi connectivity index (χ4n) is 1.96. The number of nitrogens with zero attached hydrogens (tertiary/aromatic N) is 1. The Morgan fingerprint density at radius 2 is 1.17 bits per heavy atom. The number of hydrogen-bond acceptors (Lipinski definition) is 2. The van der Waals surface area contributed by atoms with Crippen LogP contribution in [0.4, 0.5) is 27.6 Å². The number of aliphatic hydroxyl groups excluding tert-OH is 1. The Balaban J connectivity index is 2.45. The van der Waals surface area contributed by atoms with Crippen molar-refractivity contribution in [3.63, 3.8) is 0 Å². The van der Waals surface area contributed by atoms with Crippen molar-refractivity contribution < 1.29 is 27.1 Å². The number of aliphatic hydroxyl groups is 1. The first-order valence-electron chi connectivity index (χ1n) is 5.38. The van der Waals surface area contributed by atoms with Gasteiger partial charge in [0.15, 0.2) is 23.3 Å². The van der Waals surface area contributed by atoms with Crippen LogP contribution in [-0.2, 0) is 0 Å². The van der Waals surface area contributed by atoms with Crippen molar-refractivity contribution >= 4 is 5.69 Å². The molecule has 1 aliphatic rings. The maximum atomic E-state index is 13.5. The van der Waals surface area contributed by atoms with E-state index in [1.165, 1.54) is 0 Å². The first-order valence-corrected chi connectivity index (χ1v) is 5.38. The van der Waals surface area contributed by atoms with Gasteiger partial charge in [-0.15, -0.1) is 0 Å². The summed E-state index contributed by atoms with van der Waals surface area (Å²) in [7, 11) is 0. The molecule has 0 aliphatic carbocycles. The molecule has 2 nitrogen and oxygen atoms in total. The van der Waals surface area contributed by atoms with Crippen molar-refractivity contribution in [2.24, 2.45) is 0 Å². The minimum atomic E-state index is -2.16. The maximum absolute atomic E-state index is 13.5. The second kappa shape index (κ2) is 4.72. The van der Waals surface area contributed by atoms with Crippen LogP contribution in [0, 0.1) is 29.1 Å². The molecule has 1 saturated heterocycles. The van der Waals surface area contributed by atoms with E-state index in [-0.39, 0.29) is 25.9 Å². The fraction of sp³-hybridized carbons (Fsp3) is 0.455. The van der Waals surface area contributed by atoms with Crippen molar-refractivity contribution in [1.82, 2.24) is 0 Å². The lowest BCUT2D eigenvalue weighted by molar-refractivity contribution is 0.145. The van der Waals surface area contributed by atoms with E-state index in [0.29, 0.717) is 0 Å². The largest absolute Gasteiger partial charge is 0.393 e. The van der Waals surface area contributed by atoms with Crippen molar-refractivity contribution in [2.75, 3.05) is 18.0 Å². The predicted molar refractivity (Wildman–Crippen MR) is 53.7 cm³/mol. The lowest BCUT2D eigenvalue weighted by Crippen LogP contribution is -2.37. The second-order valence-electron chi connectivity index (χ2n) is 4.14. The summed E-state index contributed by atoms with van der Waals surface area (Å²) in [5, 5.41) is 9.24. The molecule has 0 unspecified atom stereocenters. The molecule has 1 aliphatic heterocycles. The number of rotatable bonds is 1. The fourth-order valence-corrected chi connectivity index (χ4v) is 1.96. The number of anilines is 1. The zero-order valence-corrected chi connectivity index (χ0v) is 9.19. The SMILES string of the molecule is OC1CCN(c2c(F)c(F)c(F)c(F)c2F)CC1. The quantitative estimate of drug-likeness (QED) is 0.479. The van der Waals surface area contributed by atoms with Gasteiger partial charge in [-0.2, -0.15) is 0 Å². The molecule has 0 spiro atoms. The molecule has 1 N–H and O–H groups in total. The van der Waals surface area contributed by atoms with Crippen LogP contribution in [0.2, 0.25) is 0 Å². The molecule has 18 heavy (non-hydrogen) atoms. The molecule has 100 valence electrons. The zero-order chi connectivity index (χ0) is 13.4. The standard InChI is InChI=1S/C11H10F5NO/c12-6-7(13)9(15)11(10(16)8(6)14)17-3-1-5(18)2-4-17/h5,18H,1-4H2. The monoisotopic (exact) mass is 267 g/mol. The van der Waals surface area contributed by atoms with Gasteiger partial charge in [0.2, 0.25) is 5.82 Å². The second-order valence-corrected chi connectivity index (χ2v) is 4.14. The number of piperidine rings is 1. The van der Waals surface area contributed by atoms with Crippen molar-refractivity contribution in [3.05, 3.63) is 29.1 Å². The molecular weight excluding hydrogens is 257 g/mol. The van der Waals surface area contributed by atoms with E-state index in [2.05, 4.69) is 0 Å². The van der Waals surface area contributed by atoms with Crippen LogP contribution in [0.5, 0.6) is 0 Å².